The molecule has 4 N–H and O–H groups in total. The van der Waals surface area contributed by atoms with Crippen molar-refractivity contribution in [3.8, 4) is 0 Å². The number of aliphatic hydroxyl groups is 1. The second kappa shape index (κ2) is 19.8. The maximum Gasteiger partial charge on any atom is 0.198 e. The molecule has 0 bridgehead atoms. The summed E-state index contributed by atoms with van der Waals surface area (Å²) in [7, 11) is -0.277. The zero-order chi connectivity index (χ0) is 55.8. The third-order valence-electron chi connectivity index (χ3n) is 32.0. The van der Waals surface area contributed by atoms with Crippen molar-refractivity contribution in [2.45, 2.75) is 317 Å². The Labute approximate surface area is 481 Å². The lowest BCUT2D eigenvalue weighted by molar-refractivity contribution is -0.438. The van der Waals surface area contributed by atoms with E-state index in [9.17, 15) is 5.11 Å². The Morgan fingerprint density at radius 3 is 1.28 bits per heavy atom. The van der Waals surface area contributed by atoms with Gasteiger partial charge in [-0.25, -0.2) is 5.26 Å². The molecule has 12 aliphatic rings. The molecule has 8 saturated carbocycles. The van der Waals surface area contributed by atoms with Gasteiger partial charge in [0.1, 0.15) is 11.4 Å². The van der Waals surface area contributed by atoms with Gasteiger partial charge in [0.2, 0.25) is 0 Å². The molecule has 12 rings (SSSR count). The van der Waals surface area contributed by atoms with Crippen molar-refractivity contribution in [1.82, 2.24) is 10.6 Å². The Hall–Kier alpha value is 0.0700. The first-order valence-corrected chi connectivity index (χ1v) is 32.9. The van der Waals surface area contributed by atoms with Crippen LogP contribution in [0.3, 0.4) is 0 Å². The van der Waals surface area contributed by atoms with E-state index in [2.05, 4.69) is 145 Å². The molecule has 10 heteroatoms. The van der Waals surface area contributed by atoms with E-state index in [-0.39, 0.29) is 113 Å². The highest BCUT2D eigenvalue weighted by Gasteiger charge is 2.85. The van der Waals surface area contributed by atoms with Gasteiger partial charge >= 0.3 is 0 Å². The van der Waals surface area contributed by atoms with E-state index in [1.807, 2.05) is 13.8 Å². The monoisotopic (exact) mass is 1110 g/mol. The summed E-state index contributed by atoms with van der Waals surface area (Å²) in [6.07, 6.45) is 24.2. The van der Waals surface area contributed by atoms with Gasteiger partial charge in [-0.05, 0) is 220 Å². The molecule has 2 spiro atoms. The van der Waals surface area contributed by atoms with E-state index in [1.54, 1.807) is 0 Å². The van der Waals surface area contributed by atoms with Gasteiger partial charge in [-0.3, -0.25) is 10.6 Å². The largest absolute Gasteiger partial charge is 0.393 e. The van der Waals surface area contributed by atoms with Crippen LogP contribution in [-0.4, -0.2) is 58.3 Å². The maximum absolute atomic E-state index is 10.7. The Balaban J connectivity index is 0.000000196. The smallest absolute Gasteiger partial charge is 0.198 e. The standard InChI is InChI=1S/C32H56NO5P.C32H55NO2.C2H6.2CH4/c1-21-10-15-32(33-19-21)22(2)31(9)29(7)17-16-26(4)24(27(29,5)20-30(31,8)36-32)12-13-25(3)18-23(35-39-38-37-34)11-14-28(25,26)6;1-21-10-15-32(33-19-21)22(2)31(9)29(7)17-16-26(4)24(27(29,5)20-30(31,8)35-32)12-13-25(3)18-23(34)11-14-28(25,26)6;1-2;;/h21-24,33-34,39H,10-20H2,1-9H3;21-24,33-34H,10-20H2,1-9H3;1-2H3;2*1H4/t2*21-,22-,23-,24+,25-,26-,27-,28-,29-,30-,31+,32-;;;/m00.../s1. The lowest BCUT2D eigenvalue weighted by atomic mass is 9.31. The number of hydrogen-bond donors (Lipinski definition) is 4. The molecule has 25 atom stereocenters. The summed E-state index contributed by atoms with van der Waals surface area (Å²) in [5.41, 5.74) is 2.50. The van der Waals surface area contributed by atoms with Crippen LogP contribution in [0.15, 0.2) is 0 Å². The van der Waals surface area contributed by atoms with E-state index < -0.39 is 0 Å². The van der Waals surface area contributed by atoms with E-state index in [0.717, 1.165) is 69.4 Å². The van der Waals surface area contributed by atoms with E-state index in [0.29, 0.717) is 28.6 Å². The number of piperidine rings is 2. The van der Waals surface area contributed by atoms with Crippen LogP contribution in [0, 0.1) is 100 Å². The van der Waals surface area contributed by atoms with E-state index in [4.69, 9.17) is 19.3 Å². The van der Waals surface area contributed by atoms with Crippen molar-refractivity contribution < 1.29 is 34.1 Å². The quantitative estimate of drug-likeness (QED) is 0.0947. The van der Waals surface area contributed by atoms with Gasteiger partial charge in [0.05, 0.1) is 23.4 Å². The highest BCUT2D eigenvalue weighted by atomic mass is 31.1. The van der Waals surface area contributed by atoms with Crippen LogP contribution in [0.4, 0.5) is 0 Å². The van der Waals surface area contributed by atoms with Crippen molar-refractivity contribution in [3.63, 3.8) is 0 Å². The first-order valence-electron chi connectivity index (χ1n) is 32.1. The second-order valence-electron chi connectivity index (χ2n) is 33.1. The Kier molecular flexibility index (Phi) is 16.3. The molecule has 78 heavy (non-hydrogen) atoms. The summed E-state index contributed by atoms with van der Waals surface area (Å²) in [5, 5.41) is 31.0. The van der Waals surface area contributed by atoms with Crippen molar-refractivity contribution >= 4 is 9.03 Å². The van der Waals surface area contributed by atoms with Gasteiger partial charge in [-0.2, -0.15) is 4.67 Å². The Morgan fingerprint density at radius 1 is 0.474 bits per heavy atom. The number of aliphatic hydroxyl groups excluding tert-OH is 1. The number of rotatable bonds is 4. The van der Waals surface area contributed by atoms with Crippen LogP contribution >= 0.6 is 9.03 Å². The van der Waals surface area contributed by atoms with Crippen molar-refractivity contribution in [2.75, 3.05) is 13.1 Å². The van der Waals surface area contributed by atoms with Crippen molar-refractivity contribution in [1.29, 1.82) is 0 Å². The van der Waals surface area contributed by atoms with Gasteiger partial charge in [0.25, 0.3) is 0 Å². The van der Waals surface area contributed by atoms with Crippen LogP contribution in [0.5, 0.6) is 0 Å². The topological polar surface area (TPSA) is 111 Å². The minimum absolute atomic E-state index is 0. The third-order valence-corrected chi connectivity index (χ3v) is 32.6. The average Bonchev–Trinajstić information content (AvgIpc) is 2.43. The van der Waals surface area contributed by atoms with Crippen LogP contribution in [0.2, 0.25) is 0 Å². The molecule has 1 unspecified atom stereocenters. The molecule has 0 aromatic carbocycles. The molecule has 4 heterocycles. The molecule has 12 fully saturated rings. The van der Waals surface area contributed by atoms with Crippen LogP contribution in [0.1, 0.15) is 282 Å². The summed E-state index contributed by atoms with van der Waals surface area (Å²) < 4.78 is 25.5. The normalized spacial score (nSPS) is 60.1. The number of fused-ring (bicyclic) bond motifs is 14. The zero-order valence-corrected chi connectivity index (χ0v) is 53.6. The second-order valence-corrected chi connectivity index (χ2v) is 33.7. The zero-order valence-electron chi connectivity index (χ0n) is 52.6. The molecule has 4 saturated heterocycles. The SMILES string of the molecule is C.C.CC.C[C@H]1CC[C@]2(NC1)O[C@@]1(C)C[C@@]3(C)[C@@H]4CC[C@@]5(C)C[C@@H](O)CC[C@]5(C)[C@@]4(C)CC[C@]3(C)[C@@]1(C)[C@@H]2C.C[C@H]1CC[C@]2(NC1)O[C@@]1(C)C[C@@]3(C)[C@@H]4CC[C@@]5(C)C[C@@H](OPOOO)CC[C@]5(C)[C@@]4(C)CC[C@]3(C)[C@@]1(C)[C@@H]2C. The Morgan fingerprint density at radius 2 is 0.885 bits per heavy atom. The molecule has 0 radical (unpaired) electrons. The molecule has 8 aliphatic carbocycles. The van der Waals surface area contributed by atoms with Gasteiger partial charge in [-0.15, -0.1) is 0 Å². The summed E-state index contributed by atoms with van der Waals surface area (Å²) in [6.45, 7) is 52.8. The van der Waals surface area contributed by atoms with E-state index in [1.165, 1.54) is 89.9 Å². The predicted molar refractivity (Wildman–Crippen MR) is 323 cm³/mol. The van der Waals surface area contributed by atoms with Crippen molar-refractivity contribution in [2.24, 2.45) is 100 Å². The molecule has 9 nitrogen and oxygen atoms in total. The molecule has 4 aliphatic heterocycles. The predicted octanol–water partition coefficient (Wildman–Crippen LogP) is 17.9. The molecule has 0 aromatic rings. The number of hydrogen-bond acceptors (Lipinski definition) is 9. The molecule has 0 amide bonds. The number of nitrogens with one attached hydrogen (secondary N) is 2. The first-order chi connectivity index (χ1) is 35.2. The average molecular weight is 1110 g/mol. The molecule has 0 aromatic heterocycles. The lowest BCUT2D eigenvalue weighted by Gasteiger charge is -2.73. The van der Waals surface area contributed by atoms with Crippen molar-refractivity contribution in [3.05, 3.63) is 0 Å². The van der Waals surface area contributed by atoms with Crippen LogP contribution in [0.25, 0.3) is 0 Å². The van der Waals surface area contributed by atoms with Crippen LogP contribution < -0.4 is 10.6 Å². The van der Waals surface area contributed by atoms with Gasteiger partial charge in [0.15, 0.2) is 9.03 Å². The summed E-state index contributed by atoms with van der Waals surface area (Å²) in [5.74, 6) is 3.90. The van der Waals surface area contributed by atoms with Gasteiger partial charge < -0.3 is 19.1 Å². The van der Waals surface area contributed by atoms with Crippen LogP contribution in [-0.2, 0) is 23.7 Å². The maximum atomic E-state index is 10.7. The fourth-order valence-corrected chi connectivity index (χ4v) is 26.4. The fraction of sp³-hybridized carbons (Fsp3) is 1.00. The fourth-order valence-electron chi connectivity index (χ4n) is 26.0. The highest BCUT2D eigenvalue weighted by Crippen LogP contribution is 2.88. The summed E-state index contributed by atoms with van der Waals surface area (Å²) >= 11 is 0. The summed E-state index contributed by atoms with van der Waals surface area (Å²) in [4.78, 5) is 0. The number of ether oxygens (including phenoxy) is 2. The molecule has 454 valence electrons. The third kappa shape index (κ3) is 7.50. The van der Waals surface area contributed by atoms with E-state index >= 15 is 0 Å². The minimum Gasteiger partial charge on any atom is -0.393 e. The Bertz CT molecular complexity index is 2200. The molecular formula is C68H125N2O7P. The minimum atomic E-state index is -0.277. The highest BCUT2D eigenvalue weighted by molar-refractivity contribution is 7.26. The first kappa shape index (κ1) is 64.1. The molecular weight excluding hydrogens is 988 g/mol. The van der Waals surface area contributed by atoms with Gasteiger partial charge in [-0.1, -0.05) is 145 Å². The summed E-state index contributed by atoms with van der Waals surface area (Å²) in [6, 6.07) is 0. The lowest BCUT2D eigenvalue weighted by Crippen LogP contribution is -2.67. The van der Waals surface area contributed by atoms with Gasteiger partial charge in [0, 0.05) is 35.8 Å².